The summed E-state index contributed by atoms with van der Waals surface area (Å²) < 4.78 is 28.7. The maximum absolute atomic E-state index is 13.8. The molecular formula is C24H25ClN10O3S2. The minimum absolute atomic E-state index is 0.0678. The number of aromatic nitrogens is 6. The number of nitrogens with one attached hydrogen (secondary N) is 3. The highest BCUT2D eigenvalue weighted by atomic mass is 35.5. The van der Waals surface area contributed by atoms with Crippen molar-refractivity contribution < 1.29 is 13.2 Å². The average Bonchev–Trinajstić information content (AvgIpc) is 3.71. The van der Waals surface area contributed by atoms with Gasteiger partial charge in [0.15, 0.2) is 10.8 Å². The normalized spacial score (nSPS) is 21.8. The van der Waals surface area contributed by atoms with E-state index in [0.29, 0.717) is 51.8 Å². The highest BCUT2D eigenvalue weighted by Gasteiger charge is 2.39. The van der Waals surface area contributed by atoms with Gasteiger partial charge in [0.1, 0.15) is 10.9 Å². The number of hydrogen-bond donors (Lipinski definition) is 3. The number of piperazine rings is 1. The van der Waals surface area contributed by atoms with E-state index in [9.17, 15) is 18.5 Å². The molecular weight excluding hydrogens is 576 g/mol. The topological polar surface area (TPSA) is 177 Å². The summed E-state index contributed by atoms with van der Waals surface area (Å²) in [7, 11) is -3.88. The number of sulfonamides is 1. The van der Waals surface area contributed by atoms with Crippen molar-refractivity contribution in [3.05, 3.63) is 50.7 Å². The second kappa shape index (κ2) is 10.5. The molecule has 0 radical (unpaired) electrons. The van der Waals surface area contributed by atoms with Gasteiger partial charge in [-0.1, -0.05) is 16.8 Å². The number of H-pyrrole nitrogens is 2. The van der Waals surface area contributed by atoms with E-state index in [-0.39, 0.29) is 36.6 Å². The average molecular weight is 601 g/mol. The van der Waals surface area contributed by atoms with Crippen molar-refractivity contribution in [3.63, 3.8) is 0 Å². The summed E-state index contributed by atoms with van der Waals surface area (Å²) in [5, 5.41) is 28.5. The first-order valence-corrected chi connectivity index (χ1v) is 15.3. The molecule has 2 aliphatic heterocycles. The molecule has 3 atom stereocenters. The molecule has 4 aromatic rings. The van der Waals surface area contributed by atoms with Crippen LogP contribution in [0.4, 0.5) is 0 Å². The molecule has 3 N–H and O–H groups in total. The first-order valence-electron chi connectivity index (χ1n) is 12.7. The Kier molecular flexibility index (Phi) is 7.05. The number of aryl methyl sites for hydroxylation is 1. The van der Waals surface area contributed by atoms with Crippen molar-refractivity contribution in [2.24, 2.45) is 0 Å². The second-order valence-electron chi connectivity index (χ2n) is 9.85. The van der Waals surface area contributed by atoms with Crippen LogP contribution in [0, 0.1) is 11.3 Å². The van der Waals surface area contributed by atoms with E-state index in [1.54, 1.807) is 29.2 Å². The molecule has 3 unspecified atom stereocenters. The molecule has 0 saturated carbocycles. The number of carbonyl (C=O) groups is 1. The van der Waals surface area contributed by atoms with Gasteiger partial charge in [-0.15, -0.1) is 21.5 Å². The Bertz CT molecular complexity index is 1710. The number of aromatic amines is 2. The molecule has 0 bridgehead atoms. The molecule has 0 aliphatic carbocycles. The molecule has 6 rings (SSSR count). The van der Waals surface area contributed by atoms with Crippen LogP contribution < -0.4 is 5.32 Å². The van der Waals surface area contributed by atoms with Crippen LogP contribution in [0.15, 0.2) is 29.3 Å². The van der Waals surface area contributed by atoms with E-state index >= 15 is 0 Å². The van der Waals surface area contributed by atoms with Gasteiger partial charge in [-0.2, -0.15) is 14.8 Å². The van der Waals surface area contributed by atoms with E-state index in [1.165, 1.54) is 15.6 Å². The maximum Gasteiger partial charge on any atom is 0.283 e. The number of nitriles is 1. The van der Waals surface area contributed by atoms with Crippen molar-refractivity contribution in [1.82, 2.24) is 45.1 Å². The summed E-state index contributed by atoms with van der Waals surface area (Å²) >= 11 is 7.37. The Morgan fingerprint density at radius 1 is 1.30 bits per heavy atom. The lowest BCUT2D eigenvalue weighted by atomic mass is 9.95. The van der Waals surface area contributed by atoms with Crippen molar-refractivity contribution >= 4 is 49.8 Å². The number of halogens is 1. The smallest absolute Gasteiger partial charge is 0.283 e. The van der Waals surface area contributed by atoms with Crippen molar-refractivity contribution in [2.45, 2.75) is 49.3 Å². The summed E-state index contributed by atoms with van der Waals surface area (Å²) in [6.07, 6.45) is 0.820. The number of carbonyl (C=O) groups excluding carboxylic acids is 1. The zero-order valence-electron chi connectivity index (χ0n) is 21.3. The van der Waals surface area contributed by atoms with E-state index in [4.69, 9.17) is 11.6 Å². The van der Waals surface area contributed by atoms with Crippen LogP contribution in [-0.2, 0) is 23.0 Å². The second-order valence-corrected chi connectivity index (χ2v) is 13.3. The SMILES string of the molecule is CC1NCc2sc(C(=O)N3CCN(S(=O)(=O)c4cc5cc(Cl)ccc5[nH]4)CC3CCc3nn[nH]n3)nc2C1C#N. The molecule has 2 aliphatic rings. The lowest BCUT2D eigenvalue weighted by molar-refractivity contribution is 0.0549. The number of rotatable bonds is 6. The van der Waals surface area contributed by atoms with Gasteiger partial charge in [0.05, 0.1) is 11.8 Å². The molecule has 208 valence electrons. The van der Waals surface area contributed by atoms with Crippen LogP contribution in [0.25, 0.3) is 10.9 Å². The third-order valence-electron chi connectivity index (χ3n) is 7.40. The molecule has 40 heavy (non-hydrogen) atoms. The predicted octanol–water partition coefficient (Wildman–Crippen LogP) is 2.04. The zero-order valence-corrected chi connectivity index (χ0v) is 23.7. The Labute approximate surface area is 238 Å². The molecule has 13 nitrogen and oxygen atoms in total. The largest absolute Gasteiger partial charge is 0.345 e. The quantitative estimate of drug-likeness (QED) is 0.299. The highest BCUT2D eigenvalue weighted by Crippen LogP contribution is 2.33. The predicted molar refractivity (Wildman–Crippen MR) is 146 cm³/mol. The first-order chi connectivity index (χ1) is 19.2. The third kappa shape index (κ3) is 4.86. The summed E-state index contributed by atoms with van der Waals surface area (Å²) in [6, 6.07) is 8.47. The van der Waals surface area contributed by atoms with Gasteiger partial charge >= 0.3 is 0 Å². The molecule has 3 aromatic heterocycles. The lowest BCUT2D eigenvalue weighted by Gasteiger charge is -2.40. The van der Waals surface area contributed by atoms with E-state index in [1.807, 2.05) is 6.92 Å². The van der Waals surface area contributed by atoms with Gasteiger partial charge < -0.3 is 15.2 Å². The Balaban J connectivity index is 1.27. The summed E-state index contributed by atoms with van der Waals surface area (Å²) in [5.74, 6) is -0.246. The Morgan fingerprint density at radius 2 is 2.15 bits per heavy atom. The van der Waals surface area contributed by atoms with Gasteiger partial charge in [0.2, 0.25) is 0 Å². The summed E-state index contributed by atoms with van der Waals surface area (Å²) in [5.41, 5.74) is 1.31. The number of hydrogen-bond acceptors (Lipinski definition) is 10. The molecule has 1 fully saturated rings. The molecule has 1 aromatic carbocycles. The first kappa shape index (κ1) is 26.8. The van der Waals surface area contributed by atoms with Crippen LogP contribution in [-0.4, -0.2) is 85.8 Å². The Morgan fingerprint density at radius 3 is 2.92 bits per heavy atom. The highest BCUT2D eigenvalue weighted by molar-refractivity contribution is 7.89. The molecule has 5 heterocycles. The number of thiazole rings is 1. The maximum atomic E-state index is 13.8. The zero-order chi connectivity index (χ0) is 28.0. The number of nitrogens with zero attached hydrogens (tertiary/aromatic N) is 7. The van der Waals surface area contributed by atoms with Crippen LogP contribution in [0.1, 0.15) is 45.5 Å². The molecule has 1 saturated heterocycles. The number of fused-ring (bicyclic) bond motifs is 2. The summed E-state index contributed by atoms with van der Waals surface area (Å²) in [6.45, 7) is 2.86. The van der Waals surface area contributed by atoms with Crippen molar-refractivity contribution in [2.75, 3.05) is 19.6 Å². The lowest BCUT2D eigenvalue weighted by Crippen LogP contribution is -2.56. The molecule has 0 spiro atoms. The van der Waals surface area contributed by atoms with Crippen LogP contribution in [0.2, 0.25) is 5.02 Å². The fourth-order valence-electron chi connectivity index (χ4n) is 5.23. The number of tetrazole rings is 1. The summed E-state index contributed by atoms with van der Waals surface area (Å²) in [4.78, 5) is 23.9. The van der Waals surface area contributed by atoms with Gasteiger partial charge in [0.25, 0.3) is 15.9 Å². The Hall–Kier alpha value is -3.42. The van der Waals surface area contributed by atoms with Gasteiger partial charge in [-0.3, -0.25) is 4.79 Å². The minimum atomic E-state index is -3.88. The monoisotopic (exact) mass is 600 g/mol. The third-order valence-corrected chi connectivity index (χ3v) is 10.5. The van der Waals surface area contributed by atoms with Crippen LogP contribution >= 0.6 is 22.9 Å². The fourth-order valence-corrected chi connectivity index (χ4v) is 7.91. The standard InChI is InChI=1S/C24H25ClN10O3S2/c1-13-17(10-26)22-19(11-27-13)39-23(29-22)24(36)35-7-6-34(12-16(35)3-5-20-30-32-33-31-20)40(37,38)21-9-14-8-15(25)2-4-18(14)28-21/h2,4,8-9,13,16-17,27-28H,3,5-7,11-12H2,1H3,(H,30,31,32,33). The van der Waals surface area contributed by atoms with Crippen LogP contribution in [0.5, 0.6) is 0 Å². The van der Waals surface area contributed by atoms with Gasteiger partial charge in [0, 0.05) is 65.5 Å². The molecule has 1 amide bonds. The van der Waals surface area contributed by atoms with Crippen molar-refractivity contribution in [3.8, 4) is 6.07 Å². The van der Waals surface area contributed by atoms with E-state index in [2.05, 4.69) is 42.0 Å². The number of benzene rings is 1. The van der Waals surface area contributed by atoms with Gasteiger partial charge in [-0.05, 0) is 37.6 Å². The minimum Gasteiger partial charge on any atom is -0.345 e. The van der Waals surface area contributed by atoms with E-state index < -0.39 is 22.0 Å². The van der Waals surface area contributed by atoms with Gasteiger partial charge in [-0.25, -0.2) is 13.4 Å². The number of amides is 1. The van der Waals surface area contributed by atoms with Crippen molar-refractivity contribution in [1.29, 1.82) is 5.26 Å². The molecule has 16 heteroatoms. The fraction of sp³-hybridized carbons (Fsp3) is 0.417. The van der Waals surface area contributed by atoms with E-state index in [0.717, 1.165) is 4.88 Å². The van der Waals surface area contributed by atoms with Crippen LogP contribution in [0.3, 0.4) is 0 Å².